The first kappa shape index (κ1) is 15.0. The molecule has 0 heterocycles. The van der Waals surface area contributed by atoms with Gasteiger partial charge in [0, 0.05) is 23.8 Å². The summed E-state index contributed by atoms with van der Waals surface area (Å²) in [7, 11) is 0. The predicted molar refractivity (Wildman–Crippen MR) is 92.4 cm³/mol. The highest BCUT2D eigenvalue weighted by Crippen LogP contribution is 2.29. The molecule has 0 saturated heterocycles. The molecule has 0 aliphatic heterocycles. The minimum absolute atomic E-state index is 0.175. The van der Waals surface area contributed by atoms with Gasteiger partial charge in [0.15, 0.2) is 5.11 Å². The van der Waals surface area contributed by atoms with Crippen molar-refractivity contribution in [2.75, 3.05) is 5.32 Å². The largest absolute Gasteiger partial charge is 0.342 e. The zero-order valence-electron chi connectivity index (χ0n) is 12.6. The van der Waals surface area contributed by atoms with Crippen LogP contribution in [0.25, 0.3) is 0 Å². The highest BCUT2D eigenvalue weighted by atomic mass is 32.1. The Morgan fingerprint density at radius 2 is 1.86 bits per heavy atom. The molecule has 0 amide bonds. The molecule has 0 spiro atoms. The molecule has 2 aromatic carbocycles. The number of thiocarbonyl (C=S) groups is 1. The number of nitrogens with zero attached hydrogens (tertiary/aromatic N) is 1. The lowest BCUT2D eigenvalue weighted by Crippen LogP contribution is -2.36. The zero-order valence-corrected chi connectivity index (χ0v) is 13.4. The topological polar surface area (TPSA) is 15.3 Å². The molecule has 22 heavy (non-hydrogen) atoms. The molecule has 1 N–H and O–H groups in total. The third-order valence-corrected chi connectivity index (χ3v) is 4.19. The number of hydrogen-bond acceptors (Lipinski definition) is 1. The first-order chi connectivity index (χ1) is 10.6. The normalized spacial score (nSPS) is 13.7. The molecule has 2 nitrogen and oxygen atoms in total. The Bertz CT molecular complexity index is 665. The van der Waals surface area contributed by atoms with Crippen LogP contribution in [0, 0.1) is 12.7 Å². The Labute approximate surface area is 136 Å². The van der Waals surface area contributed by atoms with Crippen molar-refractivity contribution >= 4 is 23.0 Å². The SMILES string of the molecule is Cc1ccc(NC(=S)N(Cc2ccccc2F)C2CC2)cc1. The van der Waals surface area contributed by atoms with E-state index in [2.05, 4.69) is 17.1 Å². The summed E-state index contributed by atoms with van der Waals surface area (Å²) in [6.45, 7) is 2.56. The average Bonchev–Trinajstić information content (AvgIpc) is 3.33. The Kier molecular flexibility index (Phi) is 4.39. The number of nitrogens with one attached hydrogen (secondary N) is 1. The first-order valence-corrected chi connectivity index (χ1v) is 7.92. The number of rotatable bonds is 4. The van der Waals surface area contributed by atoms with E-state index >= 15 is 0 Å². The van der Waals surface area contributed by atoms with E-state index < -0.39 is 0 Å². The maximum absolute atomic E-state index is 13.9. The molecule has 0 bridgehead atoms. The van der Waals surface area contributed by atoms with Crippen LogP contribution in [0.1, 0.15) is 24.0 Å². The van der Waals surface area contributed by atoms with Crippen LogP contribution in [0.2, 0.25) is 0 Å². The minimum Gasteiger partial charge on any atom is -0.342 e. The van der Waals surface area contributed by atoms with Crippen LogP contribution in [-0.2, 0) is 6.54 Å². The summed E-state index contributed by atoms with van der Waals surface area (Å²) in [4.78, 5) is 2.09. The van der Waals surface area contributed by atoms with E-state index in [4.69, 9.17) is 12.2 Å². The fourth-order valence-corrected chi connectivity index (χ4v) is 2.73. The Hall–Kier alpha value is -1.94. The summed E-state index contributed by atoms with van der Waals surface area (Å²) in [5.41, 5.74) is 2.86. The average molecular weight is 314 g/mol. The number of benzene rings is 2. The standard InChI is InChI=1S/C18H19FN2S/c1-13-6-8-15(9-7-13)20-18(22)21(16-10-11-16)12-14-4-2-3-5-17(14)19/h2-9,16H,10-12H2,1H3,(H,20,22). The van der Waals surface area contributed by atoms with E-state index in [1.807, 2.05) is 36.4 Å². The zero-order chi connectivity index (χ0) is 15.5. The second-order valence-electron chi connectivity index (χ2n) is 5.75. The Balaban J connectivity index is 1.72. The van der Waals surface area contributed by atoms with Crippen LogP contribution in [0.4, 0.5) is 10.1 Å². The van der Waals surface area contributed by atoms with E-state index in [1.165, 1.54) is 11.6 Å². The minimum atomic E-state index is -0.175. The quantitative estimate of drug-likeness (QED) is 0.837. The van der Waals surface area contributed by atoms with Crippen LogP contribution < -0.4 is 5.32 Å². The third kappa shape index (κ3) is 3.63. The van der Waals surface area contributed by atoms with Gasteiger partial charge in [-0.25, -0.2) is 4.39 Å². The van der Waals surface area contributed by atoms with Crippen molar-refractivity contribution in [3.05, 3.63) is 65.5 Å². The highest BCUT2D eigenvalue weighted by Gasteiger charge is 2.31. The smallest absolute Gasteiger partial charge is 0.173 e. The molecule has 0 atom stereocenters. The van der Waals surface area contributed by atoms with Crippen molar-refractivity contribution in [1.82, 2.24) is 4.90 Å². The summed E-state index contributed by atoms with van der Waals surface area (Å²) in [6.07, 6.45) is 2.23. The fourth-order valence-electron chi connectivity index (χ4n) is 2.40. The van der Waals surface area contributed by atoms with Crippen molar-refractivity contribution in [3.8, 4) is 0 Å². The number of hydrogen-bond donors (Lipinski definition) is 1. The molecule has 2 aromatic rings. The summed E-state index contributed by atoms with van der Waals surface area (Å²) < 4.78 is 13.9. The van der Waals surface area contributed by atoms with Crippen LogP contribution in [0.5, 0.6) is 0 Å². The second-order valence-corrected chi connectivity index (χ2v) is 6.13. The second kappa shape index (κ2) is 6.44. The first-order valence-electron chi connectivity index (χ1n) is 7.51. The Morgan fingerprint density at radius 1 is 1.18 bits per heavy atom. The van der Waals surface area contributed by atoms with Crippen LogP contribution in [0.3, 0.4) is 0 Å². The van der Waals surface area contributed by atoms with E-state index in [-0.39, 0.29) is 5.82 Å². The van der Waals surface area contributed by atoms with E-state index in [0.29, 0.717) is 23.3 Å². The molecule has 0 aromatic heterocycles. The lowest BCUT2D eigenvalue weighted by atomic mass is 10.2. The maximum Gasteiger partial charge on any atom is 0.173 e. The molecule has 1 aliphatic carbocycles. The van der Waals surface area contributed by atoms with Crippen LogP contribution in [-0.4, -0.2) is 16.1 Å². The van der Waals surface area contributed by atoms with Gasteiger partial charge in [0.05, 0.1) is 0 Å². The molecular formula is C18H19FN2S. The van der Waals surface area contributed by atoms with Crippen molar-refractivity contribution in [2.24, 2.45) is 0 Å². The summed E-state index contributed by atoms with van der Waals surface area (Å²) in [6, 6.07) is 15.4. The van der Waals surface area contributed by atoms with Gasteiger partial charge in [-0.1, -0.05) is 35.9 Å². The highest BCUT2D eigenvalue weighted by molar-refractivity contribution is 7.80. The van der Waals surface area contributed by atoms with Gasteiger partial charge in [-0.2, -0.15) is 0 Å². The van der Waals surface area contributed by atoms with Gasteiger partial charge in [-0.15, -0.1) is 0 Å². The molecule has 0 radical (unpaired) electrons. The summed E-state index contributed by atoms with van der Waals surface area (Å²) in [5, 5.41) is 3.93. The number of anilines is 1. The van der Waals surface area contributed by atoms with Gasteiger partial charge in [0.1, 0.15) is 5.82 Å². The summed E-state index contributed by atoms with van der Waals surface area (Å²) >= 11 is 5.54. The molecular weight excluding hydrogens is 295 g/mol. The predicted octanol–water partition coefficient (Wildman–Crippen LogP) is 4.50. The monoisotopic (exact) mass is 314 g/mol. The molecule has 1 fully saturated rings. The molecule has 1 aliphatic rings. The van der Waals surface area contributed by atoms with E-state index in [1.54, 1.807) is 6.07 Å². The van der Waals surface area contributed by atoms with Gasteiger partial charge in [0.2, 0.25) is 0 Å². The molecule has 4 heteroatoms. The maximum atomic E-state index is 13.9. The van der Waals surface area contributed by atoms with Crippen molar-refractivity contribution < 1.29 is 4.39 Å². The lowest BCUT2D eigenvalue weighted by molar-refractivity contribution is 0.400. The van der Waals surface area contributed by atoms with Gasteiger partial charge in [-0.05, 0) is 50.2 Å². The van der Waals surface area contributed by atoms with Crippen molar-refractivity contribution in [2.45, 2.75) is 32.4 Å². The van der Waals surface area contributed by atoms with Gasteiger partial charge in [0.25, 0.3) is 0 Å². The van der Waals surface area contributed by atoms with Crippen LogP contribution in [0.15, 0.2) is 48.5 Å². The molecule has 1 saturated carbocycles. The lowest BCUT2D eigenvalue weighted by Gasteiger charge is -2.26. The van der Waals surface area contributed by atoms with E-state index in [9.17, 15) is 4.39 Å². The van der Waals surface area contributed by atoms with Crippen molar-refractivity contribution in [3.63, 3.8) is 0 Å². The molecule has 0 unspecified atom stereocenters. The molecule has 3 rings (SSSR count). The van der Waals surface area contributed by atoms with Crippen molar-refractivity contribution in [1.29, 1.82) is 0 Å². The van der Waals surface area contributed by atoms with Crippen LogP contribution >= 0.6 is 12.2 Å². The van der Waals surface area contributed by atoms with Gasteiger partial charge < -0.3 is 10.2 Å². The van der Waals surface area contributed by atoms with Gasteiger partial charge >= 0.3 is 0 Å². The number of halogens is 1. The van der Waals surface area contributed by atoms with Gasteiger partial charge in [-0.3, -0.25) is 0 Å². The third-order valence-electron chi connectivity index (χ3n) is 3.85. The Morgan fingerprint density at radius 3 is 2.50 bits per heavy atom. The number of aryl methyl sites for hydroxylation is 1. The fraction of sp³-hybridized carbons (Fsp3) is 0.278. The summed E-state index contributed by atoms with van der Waals surface area (Å²) in [5.74, 6) is -0.175. The van der Waals surface area contributed by atoms with E-state index in [0.717, 1.165) is 18.5 Å². The molecule has 114 valence electrons.